The van der Waals surface area contributed by atoms with Gasteiger partial charge in [0.2, 0.25) is 0 Å². The van der Waals surface area contributed by atoms with Crippen LogP contribution in [0.3, 0.4) is 0 Å². The molecule has 0 unspecified atom stereocenters. The van der Waals surface area contributed by atoms with E-state index in [1.807, 2.05) is 0 Å². The number of likely N-dealkylation sites (tertiary alicyclic amines) is 1. The van der Waals surface area contributed by atoms with Crippen molar-refractivity contribution in [3.8, 4) is 0 Å². The Bertz CT molecular complexity index is 527. The maximum Gasteiger partial charge on any atom is 0.308 e. The second kappa shape index (κ2) is 6.22. The maximum atomic E-state index is 13.0. The number of hydrogen-bond acceptors (Lipinski definition) is 3. The van der Waals surface area contributed by atoms with Crippen LogP contribution in [0.4, 0.5) is 4.39 Å². The van der Waals surface area contributed by atoms with E-state index in [0.29, 0.717) is 25.9 Å². The number of benzene rings is 1. The van der Waals surface area contributed by atoms with E-state index >= 15 is 0 Å². The van der Waals surface area contributed by atoms with Gasteiger partial charge in [-0.25, -0.2) is 4.39 Å². The van der Waals surface area contributed by atoms with Crippen molar-refractivity contribution in [2.24, 2.45) is 5.92 Å². The van der Waals surface area contributed by atoms with Crippen LogP contribution in [-0.2, 0) is 9.53 Å². The SMILES string of the molecule is COC(=O)C1CCN(C(=O)c2ccc(F)cc2Cl)CC1. The Morgan fingerprint density at radius 1 is 1.35 bits per heavy atom. The third-order valence-electron chi connectivity index (χ3n) is 3.48. The van der Waals surface area contributed by atoms with Gasteiger partial charge in [-0.05, 0) is 31.0 Å². The van der Waals surface area contributed by atoms with Crippen molar-refractivity contribution in [2.75, 3.05) is 20.2 Å². The summed E-state index contributed by atoms with van der Waals surface area (Å²) in [4.78, 5) is 25.3. The molecule has 0 aliphatic carbocycles. The fourth-order valence-corrected chi connectivity index (χ4v) is 2.57. The van der Waals surface area contributed by atoms with Crippen molar-refractivity contribution in [3.05, 3.63) is 34.6 Å². The van der Waals surface area contributed by atoms with Crippen molar-refractivity contribution in [1.82, 2.24) is 4.90 Å². The number of carbonyl (C=O) groups excluding carboxylic acids is 2. The monoisotopic (exact) mass is 299 g/mol. The lowest BCUT2D eigenvalue weighted by molar-refractivity contribution is -0.146. The molecule has 0 saturated carbocycles. The fraction of sp³-hybridized carbons (Fsp3) is 0.429. The number of nitrogens with zero attached hydrogens (tertiary/aromatic N) is 1. The van der Waals surface area contributed by atoms with Gasteiger partial charge >= 0.3 is 5.97 Å². The Balaban J connectivity index is 2.03. The molecule has 0 spiro atoms. The molecule has 0 bridgehead atoms. The van der Waals surface area contributed by atoms with E-state index in [0.717, 1.165) is 6.07 Å². The second-order valence-corrected chi connectivity index (χ2v) is 5.12. The van der Waals surface area contributed by atoms with Crippen LogP contribution < -0.4 is 0 Å². The molecule has 1 heterocycles. The average Bonchev–Trinajstić information content (AvgIpc) is 2.46. The lowest BCUT2D eigenvalue weighted by Crippen LogP contribution is -2.40. The molecule has 0 N–H and O–H groups in total. The number of amides is 1. The molecule has 1 amide bonds. The van der Waals surface area contributed by atoms with Gasteiger partial charge in [0.25, 0.3) is 5.91 Å². The highest BCUT2D eigenvalue weighted by molar-refractivity contribution is 6.33. The molecule has 1 aliphatic heterocycles. The Morgan fingerprint density at radius 2 is 2.00 bits per heavy atom. The van der Waals surface area contributed by atoms with Gasteiger partial charge < -0.3 is 9.64 Å². The van der Waals surface area contributed by atoms with Crippen LogP contribution >= 0.6 is 11.6 Å². The molecule has 1 fully saturated rings. The fourth-order valence-electron chi connectivity index (χ4n) is 2.32. The van der Waals surface area contributed by atoms with Crippen molar-refractivity contribution < 1.29 is 18.7 Å². The molecule has 108 valence electrons. The van der Waals surface area contributed by atoms with Crippen molar-refractivity contribution in [3.63, 3.8) is 0 Å². The number of methoxy groups -OCH3 is 1. The summed E-state index contributed by atoms with van der Waals surface area (Å²) in [5.74, 6) is -1.11. The normalized spacial score (nSPS) is 16.1. The summed E-state index contributed by atoms with van der Waals surface area (Å²) in [5.41, 5.74) is 0.282. The molecule has 1 aromatic carbocycles. The molecule has 4 nitrogen and oxygen atoms in total. The molecule has 0 atom stereocenters. The van der Waals surface area contributed by atoms with E-state index in [-0.39, 0.29) is 28.4 Å². The van der Waals surface area contributed by atoms with Gasteiger partial charge in [0.05, 0.1) is 23.6 Å². The first-order valence-electron chi connectivity index (χ1n) is 6.35. The van der Waals surface area contributed by atoms with Crippen LogP contribution in [0.5, 0.6) is 0 Å². The summed E-state index contributed by atoms with van der Waals surface area (Å²) >= 11 is 5.88. The highest BCUT2D eigenvalue weighted by Gasteiger charge is 2.29. The van der Waals surface area contributed by atoms with Crippen LogP contribution in [0, 0.1) is 11.7 Å². The summed E-state index contributed by atoms with van der Waals surface area (Å²) in [6.07, 6.45) is 1.13. The predicted molar refractivity (Wildman–Crippen MR) is 72.1 cm³/mol. The minimum absolute atomic E-state index is 0.102. The Hall–Kier alpha value is -1.62. The van der Waals surface area contributed by atoms with Crippen molar-refractivity contribution >= 4 is 23.5 Å². The Kier molecular flexibility index (Phi) is 4.60. The summed E-state index contributed by atoms with van der Waals surface area (Å²) in [6.45, 7) is 0.929. The number of carbonyl (C=O) groups is 2. The average molecular weight is 300 g/mol. The van der Waals surface area contributed by atoms with Gasteiger partial charge in [0.1, 0.15) is 5.82 Å². The summed E-state index contributed by atoms with van der Waals surface area (Å²) in [6, 6.07) is 3.71. The summed E-state index contributed by atoms with van der Waals surface area (Å²) < 4.78 is 17.7. The van der Waals surface area contributed by atoms with E-state index in [1.54, 1.807) is 4.90 Å². The van der Waals surface area contributed by atoms with Gasteiger partial charge in [-0.2, -0.15) is 0 Å². The largest absolute Gasteiger partial charge is 0.469 e. The van der Waals surface area contributed by atoms with Crippen LogP contribution in [0.1, 0.15) is 23.2 Å². The molecule has 1 aliphatic rings. The molecule has 0 aromatic heterocycles. The zero-order valence-electron chi connectivity index (χ0n) is 11.1. The molecule has 20 heavy (non-hydrogen) atoms. The molecule has 1 saturated heterocycles. The highest BCUT2D eigenvalue weighted by Crippen LogP contribution is 2.23. The number of ether oxygens (including phenoxy) is 1. The van der Waals surface area contributed by atoms with Gasteiger partial charge in [0, 0.05) is 13.1 Å². The maximum absolute atomic E-state index is 13.0. The van der Waals surface area contributed by atoms with Gasteiger partial charge in [0.15, 0.2) is 0 Å². The van der Waals surface area contributed by atoms with E-state index in [9.17, 15) is 14.0 Å². The third kappa shape index (κ3) is 3.10. The van der Waals surface area contributed by atoms with Crippen molar-refractivity contribution in [2.45, 2.75) is 12.8 Å². The van der Waals surface area contributed by atoms with Gasteiger partial charge in [-0.1, -0.05) is 11.6 Å². The summed E-state index contributed by atoms with van der Waals surface area (Å²) in [7, 11) is 1.36. The highest BCUT2D eigenvalue weighted by atomic mass is 35.5. The second-order valence-electron chi connectivity index (χ2n) is 4.71. The number of hydrogen-bond donors (Lipinski definition) is 0. The minimum atomic E-state index is -0.476. The first-order valence-corrected chi connectivity index (χ1v) is 6.73. The topological polar surface area (TPSA) is 46.6 Å². The zero-order valence-corrected chi connectivity index (χ0v) is 11.8. The summed E-state index contributed by atoms with van der Waals surface area (Å²) in [5, 5.41) is 0.102. The lowest BCUT2D eigenvalue weighted by Gasteiger charge is -2.30. The molecule has 0 radical (unpaired) electrons. The number of halogens is 2. The first-order chi connectivity index (χ1) is 9.52. The van der Waals surface area contributed by atoms with E-state index in [2.05, 4.69) is 0 Å². The Morgan fingerprint density at radius 3 is 2.55 bits per heavy atom. The zero-order chi connectivity index (χ0) is 14.7. The van der Waals surface area contributed by atoms with Gasteiger partial charge in [-0.15, -0.1) is 0 Å². The molecule has 2 rings (SSSR count). The molecular weight excluding hydrogens is 285 g/mol. The Labute approximate surface area is 121 Å². The first kappa shape index (κ1) is 14.8. The third-order valence-corrected chi connectivity index (χ3v) is 3.79. The van der Waals surface area contributed by atoms with Crippen LogP contribution in [0.15, 0.2) is 18.2 Å². The van der Waals surface area contributed by atoms with Crippen LogP contribution in [0.25, 0.3) is 0 Å². The molecule has 6 heteroatoms. The number of piperidine rings is 1. The predicted octanol–water partition coefficient (Wildman–Crippen LogP) is 2.50. The van der Waals surface area contributed by atoms with Crippen LogP contribution in [-0.4, -0.2) is 37.0 Å². The van der Waals surface area contributed by atoms with E-state index < -0.39 is 5.82 Å². The quantitative estimate of drug-likeness (QED) is 0.788. The number of rotatable bonds is 2. The lowest BCUT2D eigenvalue weighted by atomic mass is 9.96. The number of esters is 1. The molecular formula is C14H15ClFNO3. The van der Waals surface area contributed by atoms with Crippen molar-refractivity contribution in [1.29, 1.82) is 0 Å². The molecule has 1 aromatic rings. The standard InChI is InChI=1S/C14H15ClFNO3/c1-20-14(19)9-4-6-17(7-5-9)13(18)11-3-2-10(16)8-12(11)15/h2-3,8-9H,4-7H2,1H3. The van der Waals surface area contributed by atoms with E-state index in [4.69, 9.17) is 16.3 Å². The van der Waals surface area contributed by atoms with E-state index in [1.165, 1.54) is 19.2 Å². The minimum Gasteiger partial charge on any atom is -0.469 e. The smallest absolute Gasteiger partial charge is 0.308 e. The van der Waals surface area contributed by atoms with Crippen LogP contribution in [0.2, 0.25) is 5.02 Å². The van der Waals surface area contributed by atoms with Gasteiger partial charge in [-0.3, -0.25) is 9.59 Å².